The molecule has 1 saturated carbocycles. The molecule has 2 aromatic rings. The van der Waals surface area contributed by atoms with Crippen molar-refractivity contribution in [2.45, 2.75) is 43.9 Å². The Morgan fingerprint density at radius 2 is 1.78 bits per heavy atom. The Morgan fingerprint density at radius 3 is 2.66 bits per heavy atom. The van der Waals surface area contributed by atoms with Gasteiger partial charge in [-0.25, -0.2) is 0 Å². The normalized spacial score (nSPS) is 23.5. The van der Waals surface area contributed by atoms with E-state index in [0.29, 0.717) is 30.4 Å². The number of amides is 1. The monoisotopic (exact) mass is 434 g/mol. The number of hydrogen-bond donors (Lipinski definition) is 1. The van der Waals surface area contributed by atoms with E-state index in [1.807, 2.05) is 29.2 Å². The van der Waals surface area contributed by atoms with Crippen LogP contribution in [0.1, 0.15) is 49.7 Å². The summed E-state index contributed by atoms with van der Waals surface area (Å²) >= 11 is 0. The molecule has 0 bridgehead atoms. The Kier molecular flexibility index (Phi) is 4.98. The topological polar surface area (TPSA) is 60.0 Å². The highest BCUT2D eigenvalue weighted by Gasteiger charge is 2.57. The van der Waals surface area contributed by atoms with Gasteiger partial charge in [0.05, 0.1) is 0 Å². The molecule has 3 heterocycles. The molecule has 1 unspecified atom stereocenters. The number of carbonyl (C=O) groups is 1. The van der Waals surface area contributed by atoms with E-state index >= 15 is 0 Å². The van der Waals surface area contributed by atoms with Crippen LogP contribution < -0.4 is 24.4 Å². The van der Waals surface area contributed by atoms with Gasteiger partial charge in [-0.2, -0.15) is 0 Å². The molecular weight excluding hydrogens is 404 g/mol. The van der Waals surface area contributed by atoms with E-state index in [1.54, 1.807) is 0 Å². The molecule has 1 atom stereocenters. The van der Waals surface area contributed by atoms with Gasteiger partial charge in [0.1, 0.15) is 17.8 Å². The maximum absolute atomic E-state index is 13.9. The highest BCUT2D eigenvalue weighted by Crippen LogP contribution is 2.54. The number of carbonyl (C=O) groups excluding carboxylic acids is 1. The van der Waals surface area contributed by atoms with Crippen molar-refractivity contribution < 1.29 is 19.0 Å². The van der Waals surface area contributed by atoms with Gasteiger partial charge in [-0.1, -0.05) is 37.5 Å². The second kappa shape index (κ2) is 8.00. The molecule has 0 aromatic heterocycles. The molecule has 1 aliphatic carbocycles. The third-order valence-electron chi connectivity index (χ3n) is 7.54. The van der Waals surface area contributed by atoms with Crippen molar-refractivity contribution in [2.24, 2.45) is 5.92 Å². The highest BCUT2D eigenvalue weighted by molar-refractivity contribution is 6.11. The van der Waals surface area contributed by atoms with E-state index in [2.05, 4.69) is 17.4 Å². The second-order valence-electron chi connectivity index (χ2n) is 9.43. The number of nitrogens with one attached hydrogen (secondary N) is 1. The molecule has 1 spiro atoms. The molecule has 1 fully saturated rings. The lowest BCUT2D eigenvalue weighted by molar-refractivity contribution is -0.122. The van der Waals surface area contributed by atoms with Gasteiger partial charge in [0, 0.05) is 23.9 Å². The van der Waals surface area contributed by atoms with E-state index in [9.17, 15) is 4.79 Å². The first kappa shape index (κ1) is 19.9. The minimum Gasteiger partial charge on any atom is -0.491 e. The Bertz CT molecular complexity index is 1030. The minimum atomic E-state index is -0.803. The molecule has 3 aliphatic heterocycles. The van der Waals surface area contributed by atoms with Crippen molar-refractivity contribution in [1.29, 1.82) is 0 Å². The van der Waals surface area contributed by atoms with Gasteiger partial charge in [-0.15, -0.1) is 0 Å². The van der Waals surface area contributed by atoms with Crippen molar-refractivity contribution in [1.82, 2.24) is 5.32 Å². The van der Waals surface area contributed by atoms with Crippen molar-refractivity contribution in [2.75, 3.05) is 37.9 Å². The second-order valence-corrected chi connectivity index (χ2v) is 9.43. The zero-order chi connectivity index (χ0) is 21.5. The molecule has 1 N–H and O–H groups in total. The maximum Gasteiger partial charge on any atom is 0.245 e. The number of ether oxygens (including phenoxy) is 3. The van der Waals surface area contributed by atoms with Crippen LogP contribution in [0.4, 0.5) is 5.69 Å². The van der Waals surface area contributed by atoms with Crippen LogP contribution in [0.15, 0.2) is 36.4 Å². The number of nitrogens with zero attached hydrogens (tertiary/aromatic N) is 1. The molecule has 168 valence electrons. The van der Waals surface area contributed by atoms with E-state index in [1.165, 1.54) is 32.1 Å². The molecule has 1 amide bonds. The predicted molar refractivity (Wildman–Crippen MR) is 122 cm³/mol. The van der Waals surface area contributed by atoms with Gasteiger partial charge in [-0.05, 0) is 56.0 Å². The molecule has 0 saturated heterocycles. The van der Waals surface area contributed by atoms with Crippen LogP contribution in [0.2, 0.25) is 0 Å². The smallest absolute Gasteiger partial charge is 0.245 e. The van der Waals surface area contributed by atoms with Crippen LogP contribution in [0.5, 0.6) is 17.2 Å². The van der Waals surface area contributed by atoms with Gasteiger partial charge in [-0.3, -0.25) is 4.79 Å². The number of hydrogen-bond acceptors (Lipinski definition) is 5. The largest absolute Gasteiger partial charge is 0.491 e. The maximum atomic E-state index is 13.9. The first-order valence-corrected chi connectivity index (χ1v) is 12.0. The average molecular weight is 435 g/mol. The number of para-hydroxylation sites is 1. The van der Waals surface area contributed by atoms with Gasteiger partial charge in [0.25, 0.3) is 0 Å². The lowest BCUT2D eigenvalue weighted by Crippen LogP contribution is -2.43. The fraction of sp³-hybridized carbons (Fsp3) is 0.500. The third kappa shape index (κ3) is 3.07. The average Bonchev–Trinajstić information content (AvgIpc) is 3.50. The Labute approximate surface area is 188 Å². The summed E-state index contributed by atoms with van der Waals surface area (Å²) in [6, 6.07) is 11.9. The summed E-state index contributed by atoms with van der Waals surface area (Å²) in [6.07, 6.45) is 7.77. The van der Waals surface area contributed by atoms with E-state index in [-0.39, 0.29) is 12.7 Å². The lowest BCUT2D eigenvalue weighted by Gasteiger charge is -2.24. The summed E-state index contributed by atoms with van der Waals surface area (Å²) < 4.78 is 17.2. The first-order valence-electron chi connectivity index (χ1n) is 12.0. The quantitative estimate of drug-likeness (QED) is 0.697. The lowest BCUT2D eigenvalue weighted by atomic mass is 9.77. The molecule has 4 aliphatic rings. The van der Waals surface area contributed by atoms with Crippen LogP contribution in [-0.4, -0.2) is 38.9 Å². The summed E-state index contributed by atoms with van der Waals surface area (Å²) in [6.45, 7) is 3.26. The fourth-order valence-electron chi connectivity index (χ4n) is 5.85. The van der Waals surface area contributed by atoms with E-state index in [4.69, 9.17) is 14.2 Å². The molecular formula is C26H30N2O4. The molecule has 6 rings (SSSR count). The Morgan fingerprint density at radius 1 is 0.969 bits per heavy atom. The highest BCUT2D eigenvalue weighted by atomic mass is 16.7. The molecule has 32 heavy (non-hydrogen) atoms. The van der Waals surface area contributed by atoms with Gasteiger partial charge >= 0.3 is 0 Å². The van der Waals surface area contributed by atoms with Crippen LogP contribution in [0.3, 0.4) is 0 Å². The SMILES string of the molecule is O=C1N(CCCNCC2CCCCC2)c2ccccc2C12COc1cc3c(cc12)OCO3. The standard InChI is InChI=1S/C26H30N2O4/c29-25-26(16-30-22-14-24-23(13-20(22)26)31-17-32-24)19-9-4-5-10-21(19)28(25)12-6-11-27-15-18-7-2-1-3-8-18/h4-5,9-10,13-14,18,27H,1-3,6-8,11-12,15-17H2. The van der Waals surface area contributed by atoms with Crippen LogP contribution >= 0.6 is 0 Å². The fourth-order valence-corrected chi connectivity index (χ4v) is 5.85. The van der Waals surface area contributed by atoms with E-state index in [0.717, 1.165) is 42.2 Å². The summed E-state index contributed by atoms with van der Waals surface area (Å²) in [7, 11) is 0. The third-order valence-corrected chi connectivity index (χ3v) is 7.54. The van der Waals surface area contributed by atoms with Crippen molar-refractivity contribution in [3.05, 3.63) is 47.5 Å². The molecule has 0 radical (unpaired) electrons. The van der Waals surface area contributed by atoms with Crippen molar-refractivity contribution in [3.63, 3.8) is 0 Å². The molecule has 6 heteroatoms. The van der Waals surface area contributed by atoms with Crippen molar-refractivity contribution in [3.8, 4) is 17.2 Å². The number of benzene rings is 2. The van der Waals surface area contributed by atoms with Gasteiger partial charge < -0.3 is 24.4 Å². The Balaban J connectivity index is 1.20. The predicted octanol–water partition coefficient (Wildman–Crippen LogP) is 4.00. The van der Waals surface area contributed by atoms with Gasteiger partial charge in [0.15, 0.2) is 11.5 Å². The Hall–Kier alpha value is -2.73. The summed E-state index contributed by atoms with van der Waals surface area (Å²) in [5.74, 6) is 3.00. The molecule has 6 nitrogen and oxygen atoms in total. The van der Waals surface area contributed by atoms with Crippen LogP contribution in [0.25, 0.3) is 0 Å². The zero-order valence-corrected chi connectivity index (χ0v) is 18.4. The van der Waals surface area contributed by atoms with Gasteiger partial charge in [0.2, 0.25) is 12.7 Å². The first-order chi connectivity index (χ1) is 15.8. The summed E-state index contributed by atoms with van der Waals surface area (Å²) in [5, 5.41) is 3.63. The molecule has 2 aromatic carbocycles. The number of fused-ring (bicyclic) bond motifs is 5. The summed E-state index contributed by atoms with van der Waals surface area (Å²) in [4.78, 5) is 15.9. The number of anilines is 1. The summed E-state index contributed by atoms with van der Waals surface area (Å²) in [5.41, 5.74) is 2.11. The number of rotatable bonds is 6. The zero-order valence-electron chi connectivity index (χ0n) is 18.4. The van der Waals surface area contributed by atoms with Crippen LogP contribution in [0, 0.1) is 5.92 Å². The van der Waals surface area contributed by atoms with Crippen LogP contribution in [-0.2, 0) is 10.2 Å². The van der Waals surface area contributed by atoms with E-state index < -0.39 is 5.41 Å². The minimum absolute atomic E-state index is 0.101. The van der Waals surface area contributed by atoms with Crippen molar-refractivity contribution >= 4 is 11.6 Å².